The summed E-state index contributed by atoms with van der Waals surface area (Å²) in [6.45, 7) is 1.67. The van der Waals surface area contributed by atoms with Gasteiger partial charge in [-0.05, 0) is 43.4 Å². The van der Waals surface area contributed by atoms with Crippen molar-refractivity contribution in [1.82, 2.24) is 5.32 Å². The minimum Gasteiger partial charge on any atom is -0.348 e. The average molecular weight is 301 g/mol. The molecule has 0 aromatic heterocycles. The molecule has 1 unspecified atom stereocenters. The van der Waals surface area contributed by atoms with E-state index in [-0.39, 0.29) is 30.2 Å². The molecule has 0 radical (unpaired) electrons. The molecule has 1 aromatic rings. The number of carbonyl (C=O) groups excluding carboxylic acids is 1. The van der Waals surface area contributed by atoms with E-state index in [1.165, 1.54) is 25.0 Å². The Bertz CT molecular complexity index is 430. The first-order valence-corrected chi connectivity index (χ1v) is 6.89. The second-order valence-corrected chi connectivity index (χ2v) is 5.37. The van der Waals surface area contributed by atoms with Crippen LogP contribution in [0.25, 0.3) is 0 Å². The molecule has 1 saturated carbocycles. The van der Waals surface area contributed by atoms with Gasteiger partial charge in [-0.1, -0.05) is 25.0 Å². The number of rotatable bonds is 4. The summed E-state index contributed by atoms with van der Waals surface area (Å²) in [6, 6.07) is 5.80. The highest BCUT2D eigenvalue weighted by Gasteiger charge is 2.28. The summed E-state index contributed by atoms with van der Waals surface area (Å²) in [5.41, 5.74) is 6.57. The van der Waals surface area contributed by atoms with Crippen molar-refractivity contribution in [2.45, 2.75) is 44.7 Å². The normalized spacial score (nSPS) is 18.1. The smallest absolute Gasteiger partial charge is 0.237 e. The lowest BCUT2D eigenvalue weighted by molar-refractivity contribution is -0.123. The van der Waals surface area contributed by atoms with E-state index < -0.39 is 6.04 Å². The van der Waals surface area contributed by atoms with Crippen molar-refractivity contribution in [2.75, 3.05) is 0 Å². The minimum absolute atomic E-state index is 0. The second-order valence-electron chi connectivity index (χ2n) is 5.37. The van der Waals surface area contributed by atoms with E-state index in [9.17, 15) is 9.18 Å². The number of amides is 1. The Morgan fingerprint density at radius 2 is 1.85 bits per heavy atom. The van der Waals surface area contributed by atoms with Gasteiger partial charge in [0.1, 0.15) is 5.82 Å². The van der Waals surface area contributed by atoms with Gasteiger partial charge in [0.15, 0.2) is 0 Å². The van der Waals surface area contributed by atoms with Crippen LogP contribution in [0.15, 0.2) is 24.3 Å². The van der Waals surface area contributed by atoms with Gasteiger partial charge in [0.2, 0.25) is 5.91 Å². The number of hydrogen-bond donors (Lipinski definition) is 2. The molecule has 1 aromatic carbocycles. The molecule has 3 N–H and O–H groups in total. The van der Waals surface area contributed by atoms with Crippen LogP contribution in [0, 0.1) is 11.7 Å². The van der Waals surface area contributed by atoms with Gasteiger partial charge in [0, 0.05) is 0 Å². The fourth-order valence-electron chi connectivity index (χ4n) is 2.72. The van der Waals surface area contributed by atoms with Gasteiger partial charge in [-0.25, -0.2) is 4.39 Å². The van der Waals surface area contributed by atoms with Gasteiger partial charge in [-0.3, -0.25) is 4.79 Å². The molecule has 20 heavy (non-hydrogen) atoms. The summed E-state index contributed by atoms with van der Waals surface area (Å²) in [6.07, 6.45) is 4.58. The Balaban J connectivity index is 0.00000200. The molecule has 5 heteroatoms. The van der Waals surface area contributed by atoms with Crippen molar-refractivity contribution in [1.29, 1.82) is 0 Å². The highest BCUT2D eigenvalue weighted by atomic mass is 35.5. The van der Waals surface area contributed by atoms with Gasteiger partial charge >= 0.3 is 0 Å². The first-order valence-electron chi connectivity index (χ1n) is 6.89. The van der Waals surface area contributed by atoms with E-state index in [2.05, 4.69) is 5.32 Å². The van der Waals surface area contributed by atoms with E-state index >= 15 is 0 Å². The van der Waals surface area contributed by atoms with Gasteiger partial charge in [0.05, 0.1) is 12.1 Å². The summed E-state index contributed by atoms with van der Waals surface area (Å²) < 4.78 is 13.0. The quantitative estimate of drug-likeness (QED) is 0.898. The SMILES string of the molecule is C[C@H](N)C(=O)NC(c1ccc(F)cc1)C1CCCC1.Cl. The summed E-state index contributed by atoms with van der Waals surface area (Å²) >= 11 is 0. The van der Waals surface area contributed by atoms with Gasteiger partial charge in [-0.2, -0.15) is 0 Å². The molecule has 1 amide bonds. The molecule has 2 atom stereocenters. The van der Waals surface area contributed by atoms with Crippen LogP contribution in [0.2, 0.25) is 0 Å². The Kier molecular flexibility index (Phi) is 6.43. The molecule has 0 bridgehead atoms. The number of nitrogens with two attached hydrogens (primary N) is 1. The van der Waals surface area contributed by atoms with Crippen LogP contribution >= 0.6 is 12.4 Å². The summed E-state index contributed by atoms with van der Waals surface area (Å²) in [5, 5.41) is 3.01. The number of halogens is 2. The number of carbonyl (C=O) groups is 1. The number of hydrogen-bond acceptors (Lipinski definition) is 2. The van der Waals surface area contributed by atoms with Crippen molar-refractivity contribution in [3.05, 3.63) is 35.6 Å². The van der Waals surface area contributed by atoms with E-state index in [0.29, 0.717) is 5.92 Å². The molecule has 1 aliphatic carbocycles. The minimum atomic E-state index is -0.524. The molecular weight excluding hydrogens is 279 g/mol. The molecule has 3 nitrogen and oxygen atoms in total. The Morgan fingerprint density at radius 3 is 2.35 bits per heavy atom. The van der Waals surface area contributed by atoms with Crippen LogP contribution in [0.4, 0.5) is 4.39 Å². The van der Waals surface area contributed by atoms with Gasteiger partial charge in [0.25, 0.3) is 0 Å². The molecule has 0 spiro atoms. The van der Waals surface area contributed by atoms with E-state index in [4.69, 9.17) is 5.73 Å². The van der Waals surface area contributed by atoms with E-state index in [1.54, 1.807) is 19.1 Å². The fraction of sp³-hybridized carbons (Fsp3) is 0.533. The maximum Gasteiger partial charge on any atom is 0.237 e. The van der Waals surface area contributed by atoms with Crippen molar-refractivity contribution in [3.8, 4) is 0 Å². The monoisotopic (exact) mass is 300 g/mol. The highest BCUT2D eigenvalue weighted by molar-refractivity contribution is 5.85. The Morgan fingerprint density at radius 1 is 1.30 bits per heavy atom. The molecule has 1 aliphatic rings. The molecule has 0 aliphatic heterocycles. The highest BCUT2D eigenvalue weighted by Crippen LogP contribution is 2.35. The summed E-state index contributed by atoms with van der Waals surface area (Å²) in [4.78, 5) is 11.8. The lowest BCUT2D eigenvalue weighted by Crippen LogP contribution is -2.42. The molecule has 2 rings (SSSR count). The standard InChI is InChI=1S/C15H21FN2O.ClH/c1-10(17)15(19)18-14(11-4-2-3-5-11)12-6-8-13(16)9-7-12;/h6-11,14H,2-5,17H2,1H3,(H,18,19);1H/t10-,14?;/m0./s1. The molecule has 1 fully saturated rings. The first-order chi connectivity index (χ1) is 9.08. The number of benzene rings is 1. The maximum absolute atomic E-state index is 13.0. The first kappa shape index (κ1) is 16.9. The average Bonchev–Trinajstić information content (AvgIpc) is 2.90. The van der Waals surface area contributed by atoms with Crippen LogP contribution in [0.3, 0.4) is 0 Å². The zero-order valence-electron chi connectivity index (χ0n) is 11.6. The predicted octanol–water partition coefficient (Wildman–Crippen LogP) is 2.94. The van der Waals surface area contributed by atoms with E-state index in [0.717, 1.165) is 18.4 Å². The molecule has 0 saturated heterocycles. The third kappa shape index (κ3) is 4.18. The molecule has 112 valence electrons. The van der Waals surface area contributed by atoms with Crippen LogP contribution in [0.1, 0.15) is 44.2 Å². The van der Waals surface area contributed by atoms with Crippen LogP contribution < -0.4 is 11.1 Å². The van der Waals surface area contributed by atoms with Gasteiger partial charge in [-0.15, -0.1) is 12.4 Å². The lowest BCUT2D eigenvalue weighted by atomic mass is 9.91. The lowest BCUT2D eigenvalue weighted by Gasteiger charge is -2.26. The summed E-state index contributed by atoms with van der Waals surface area (Å²) in [7, 11) is 0. The fourth-order valence-corrected chi connectivity index (χ4v) is 2.72. The van der Waals surface area contributed by atoms with Crippen molar-refractivity contribution in [3.63, 3.8) is 0 Å². The van der Waals surface area contributed by atoms with Crippen LogP contribution in [0.5, 0.6) is 0 Å². The van der Waals surface area contributed by atoms with Crippen molar-refractivity contribution < 1.29 is 9.18 Å². The van der Waals surface area contributed by atoms with Crippen molar-refractivity contribution in [2.24, 2.45) is 11.7 Å². The third-order valence-electron chi connectivity index (χ3n) is 3.81. The van der Waals surface area contributed by atoms with Crippen LogP contribution in [-0.4, -0.2) is 11.9 Å². The second kappa shape index (κ2) is 7.60. The largest absolute Gasteiger partial charge is 0.348 e. The summed E-state index contributed by atoms with van der Waals surface area (Å²) in [5.74, 6) is 0.0156. The van der Waals surface area contributed by atoms with E-state index in [1.807, 2.05) is 0 Å². The van der Waals surface area contributed by atoms with Crippen LogP contribution in [-0.2, 0) is 4.79 Å². The van der Waals surface area contributed by atoms with Crippen molar-refractivity contribution >= 4 is 18.3 Å². The topological polar surface area (TPSA) is 55.1 Å². The third-order valence-corrected chi connectivity index (χ3v) is 3.81. The number of nitrogens with one attached hydrogen (secondary N) is 1. The van der Waals surface area contributed by atoms with Gasteiger partial charge < -0.3 is 11.1 Å². The zero-order chi connectivity index (χ0) is 13.8. The molecule has 0 heterocycles. The Hall–Kier alpha value is -1.13. The zero-order valence-corrected chi connectivity index (χ0v) is 12.5. The maximum atomic E-state index is 13.0. The predicted molar refractivity (Wildman–Crippen MR) is 80.1 cm³/mol. The Labute approximate surface area is 125 Å². The molecular formula is C15H22ClFN2O.